The first kappa shape index (κ1) is 12.4. The summed E-state index contributed by atoms with van der Waals surface area (Å²) in [6.07, 6.45) is 4.19. The van der Waals surface area contributed by atoms with E-state index in [0.29, 0.717) is 6.04 Å². The first-order valence-electron chi connectivity index (χ1n) is 5.40. The third kappa shape index (κ3) is 4.14. The van der Waals surface area contributed by atoms with Crippen LogP contribution in [0, 0.1) is 13.8 Å². The summed E-state index contributed by atoms with van der Waals surface area (Å²) in [5.74, 6) is 0. The molecule has 0 radical (unpaired) electrons. The molecule has 1 rings (SSSR count). The van der Waals surface area contributed by atoms with Crippen LogP contribution in [0.2, 0.25) is 0 Å². The monoisotopic (exact) mass is 224 g/mol. The van der Waals surface area contributed by atoms with Crippen LogP contribution in [0.15, 0.2) is 12.7 Å². The standard InChI is InChI=1S/C12H20N2S/c1-5-6-7-9(2)13-8-12-10(3)15-11(4)14-12/h5,9,13H,1,6-8H2,2-4H3. The normalized spacial score (nSPS) is 12.7. The fourth-order valence-electron chi connectivity index (χ4n) is 1.48. The molecule has 2 nitrogen and oxygen atoms in total. The summed E-state index contributed by atoms with van der Waals surface area (Å²) in [6, 6.07) is 0.532. The molecule has 1 atom stereocenters. The zero-order chi connectivity index (χ0) is 11.3. The van der Waals surface area contributed by atoms with Crippen LogP contribution >= 0.6 is 11.3 Å². The molecule has 1 N–H and O–H groups in total. The van der Waals surface area contributed by atoms with Gasteiger partial charge in [0.2, 0.25) is 0 Å². The summed E-state index contributed by atoms with van der Waals surface area (Å²) < 4.78 is 0. The van der Waals surface area contributed by atoms with Gasteiger partial charge in [-0.25, -0.2) is 4.98 Å². The molecule has 0 saturated carbocycles. The zero-order valence-electron chi connectivity index (χ0n) is 9.84. The lowest BCUT2D eigenvalue weighted by Gasteiger charge is -2.11. The number of nitrogens with zero attached hydrogens (tertiary/aromatic N) is 1. The number of thiazole rings is 1. The number of nitrogens with one attached hydrogen (secondary N) is 1. The molecule has 3 heteroatoms. The van der Waals surface area contributed by atoms with Gasteiger partial charge in [-0.05, 0) is 33.6 Å². The Bertz CT molecular complexity index is 317. The molecule has 84 valence electrons. The molecule has 1 aromatic heterocycles. The molecule has 0 amide bonds. The second-order valence-corrected chi connectivity index (χ2v) is 5.29. The number of allylic oxidation sites excluding steroid dienone is 1. The van der Waals surface area contributed by atoms with Gasteiger partial charge in [-0.15, -0.1) is 17.9 Å². The molecule has 0 fully saturated rings. The molecule has 1 aromatic rings. The van der Waals surface area contributed by atoms with Crippen LogP contribution in [0.3, 0.4) is 0 Å². The quantitative estimate of drug-likeness (QED) is 0.751. The maximum absolute atomic E-state index is 4.50. The van der Waals surface area contributed by atoms with Crippen molar-refractivity contribution in [2.24, 2.45) is 0 Å². The second-order valence-electron chi connectivity index (χ2n) is 3.88. The number of hydrogen-bond donors (Lipinski definition) is 1. The molecule has 0 bridgehead atoms. The predicted octanol–water partition coefficient (Wildman–Crippen LogP) is 3.20. The summed E-state index contributed by atoms with van der Waals surface area (Å²) in [5.41, 5.74) is 1.20. The van der Waals surface area contributed by atoms with Crippen LogP contribution in [0.25, 0.3) is 0 Å². The van der Waals surface area contributed by atoms with Gasteiger partial charge in [-0.3, -0.25) is 0 Å². The fourth-order valence-corrected chi connectivity index (χ4v) is 2.31. The number of aryl methyl sites for hydroxylation is 2. The van der Waals surface area contributed by atoms with Gasteiger partial charge in [0.1, 0.15) is 0 Å². The topological polar surface area (TPSA) is 24.9 Å². The minimum atomic E-state index is 0.532. The van der Waals surface area contributed by atoms with E-state index in [-0.39, 0.29) is 0 Å². The summed E-state index contributed by atoms with van der Waals surface area (Å²) in [6.45, 7) is 11.0. The molecule has 1 heterocycles. The number of hydrogen-bond acceptors (Lipinski definition) is 3. The molecular weight excluding hydrogens is 204 g/mol. The zero-order valence-corrected chi connectivity index (χ0v) is 10.7. The van der Waals surface area contributed by atoms with E-state index in [1.165, 1.54) is 10.6 Å². The van der Waals surface area contributed by atoms with Gasteiger partial charge in [0.25, 0.3) is 0 Å². The van der Waals surface area contributed by atoms with E-state index in [4.69, 9.17) is 0 Å². The average Bonchev–Trinajstić information content (AvgIpc) is 2.51. The van der Waals surface area contributed by atoms with Gasteiger partial charge >= 0.3 is 0 Å². The van der Waals surface area contributed by atoms with E-state index in [2.05, 4.69) is 37.7 Å². The van der Waals surface area contributed by atoms with Gasteiger partial charge in [0, 0.05) is 17.5 Å². The lowest BCUT2D eigenvalue weighted by atomic mass is 10.2. The highest BCUT2D eigenvalue weighted by Gasteiger charge is 2.06. The van der Waals surface area contributed by atoms with Crippen molar-refractivity contribution in [2.45, 2.75) is 46.2 Å². The van der Waals surface area contributed by atoms with Crippen molar-refractivity contribution in [1.29, 1.82) is 0 Å². The molecule has 0 aliphatic rings. The number of aromatic nitrogens is 1. The Hall–Kier alpha value is -0.670. The predicted molar refractivity (Wildman–Crippen MR) is 67.3 cm³/mol. The molecule has 0 aliphatic carbocycles. The average molecular weight is 224 g/mol. The highest BCUT2D eigenvalue weighted by atomic mass is 32.1. The first-order chi connectivity index (χ1) is 7.13. The highest BCUT2D eigenvalue weighted by Crippen LogP contribution is 2.16. The van der Waals surface area contributed by atoms with Crippen LogP contribution in [0.5, 0.6) is 0 Å². The summed E-state index contributed by atoms with van der Waals surface area (Å²) in [7, 11) is 0. The Morgan fingerprint density at radius 3 is 2.80 bits per heavy atom. The third-order valence-electron chi connectivity index (χ3n) is 2.42. The molecule has 15 heavy (non-hydrogen) atoms. The van der Waals surface area contributed by atoms with Crippen molar-refractivity contribution < 1.29 is 0 Å². The number of rotatable bonds is 6. The van der Waals surface area contributed by atoms with Crippen molar-refractivity contribution in [2.75, 3.05) is 0 Å². The van der Waals surface area contributed by atoms with E-state index in [0.717, 1.165) is 24.4 Å². The Morgan fingerprint density at radius 1 is 1.53 bits per heavy atom. The first-order valence-corrected chi connectivity index (χ1v) is 6.22. The van der Waals surface area contributed by atoms with Crippen LogP contribution < -0.4 is 5.32 Å². The van der Waals surface area contributed by atoms with E-state index >= 15 is 0 Å². The van der Waals surface area contributed by atoms with Crippen molar-refractivity contribution in [3.63, 3.8) is 0 Å². The Kier molecular flexibility index (Phi) is 4.99. The minimum absolute atomic E-state index is 0.532. The van der Waals surface area contributed by atoms with Gasteiger partial charge < -0.3 is 5.32 Å². The van der Waals surface area contributed by atoms with Crippen molar-refractivity contribution in [1.82, 2.24) is 10.3 Å². The van der Waals surface area contributed by atoms with Crippen molar-refractivity contribution >= 4 is 11.3 Å². The molecular formula is C12H20N2S. The van der Waals surface area contributed by atoms with Gasteiger partial charge in [0.15, 0.2) is 0 Å². The van der Waals surface area contributed by atoms with Crippen molar-refractivity contribution in [3.05, 3.63) is 28.2 Å². The molecule has 1 unspecified atom stereocenters. The van der Waals surface area contributed by atoms with Crippen LogP contribution in [-0.2, 0) is 6.54 Å². The Labute approximate surface area is 96.4 Å². The molecule has 0 spiro atoms. The minimum Gasteiger partial charge on any atom is -0.309 e. The maximum Gasteiger partial charge on any atom is 0.0900 e. The highest BCUT2D eigenvalue weighted by molar-refractivity contribution is 7.11. The van der Waals surface area contributed by atoms with Crippen LogP contribution in [-0.4, -0.2) is 11.0 Å². The van der Waals surface area contributed by atoms with E-state index in [9.17, 15) is 0 Å². The lowest BCUT2D eigenvalue weighted by molar-refractivity contribution is 0.513. The molecule has 0 aliphatic heterocycles. The van der Waals surface area contributed by atoms with Crippen LogP contribution in [0.1, 0.15) is 35.3 Å². The summed E-state index contributed by atoms with van der Waals surface area (Å²) in [5, 5.41) is 4.64. The summed E-state index contributed by atoms with van der Waals surface area (Å²) in [4.78, 5) is 5.83. The smallest absolute Gasteiger partial charge is 0.0900 e. The van der Waals surface area contributed by atoms with E-state index in [1.807, 2.05) is 6.08 Å². The Balaban J connectivity index is 2.36. The van der Waals surface area contributed by atoms with E-state index in [1.54, 1.807) is 11.3 Å². The lowest BCUT2D eigenvalue weighted by Crippen LogP contribution is -2.25. The fraction of sp³-hybridized carbons (Fsp3) is 0.583. The summed E-state index contributed by atoms with van der Waals surface area (Å²) >= 11 is 1.77. The van der Waals surface area contributed by atoms with Crippen LogP contribution in [0.4, 0.5) is 0 Å². The molecule has 0 aromatic carbocycles. The van der Waals surface area contributed by atoms with Gasteiger partial charge in [-0.1, -0.05) is 6.08 Å². The SMILES string of the molecule is C=CCCC(C)NCc1nc(C)sc1C. The van der Waals surface area contributed by atoms with Gasteiger partial charge in [-0.2, -0.15) is 0 Å². The largest absolute Gasteiger partial charge is 0.309 e. The van der Waals surface area contributed by atoms with Gasteiger partial charge in [0.05, 0.1) is 10.7 Å². The Morgan fingerprint density at radius 2 is 2.27 bits per heavy atom. The van der Waals surface area contributed by atoms with E-state index < -0.39 is 0 Å². The second kappa shape index (κ2) is 6.03. The van der Waals surface area contributed by atoms with Crippen molar-refractivity contribution in [3.8, 4) is 0 Å². The maximum atomic E-state index is 4.50. The molecule has 0 saturated heterocycles. The third-order valence-corrected chi connectivity index (χ3v) is 3.35.